The van der Waals surface area contributed by atoms with Crippen molar-refractivity contribution >= 4 is 32.7 Å². The lowest BCUT2D eigenvalue weighted by atomic mass is 10.0. The molecule has 0 atom stereocenters. The highest BCUT2D eigenvalue weighted by Crippen LogP contribution is 2.37. The first kappa shape index (κ1) is 10.4. The average molecular weight is 258 g/mol. The van der Waals surface area contributed by atoms with Gasteiger partial charge in [-0.25, -0.2) is 0 Å². The molecular formula is C18H14N2. The summed E-state index contributed by atoms with van der Waals surface area (Å²) in [6.07, 6.45) is 2.28. The monoisotopic (exact) mass is 258 g/mol. The molecule has 2 aromatic heterocycles. The summed E-state index contributed by atoms with van der Waals surface area (Å²) in [6.45, 7) is 1.11. The zero-order valence-electron chi connectivity index (χ0n) is 11.1. The molecule has 3 heterocycles. The van der Waals surface area contributed by atoms with Gasteiger partial charge in [-0.15, -0.1) is 0 Å². The Balaban J connectivity index is 2.19. The maximum atomic E-state index is 4.91. The van der Waals surface area contributed by atoms with E-state index in [0.29, 0.717) is 0 Å². The molecule has 0 radical (unpaired) electrons. The number of aromatic nitrogens is 2. The van der Waals surface area contributed by atoms with Crippen LogP contribution in [0.25, 0.3) is 32.7 Å². The first-order valence-corrected chi connectivity index (χ1v) is 7.22. The molecule has 0 amide bonds. The lowest BCUT2D eigenvalue weighted by Gasteiger charge is -2.16. The molecule has 0 bridgehead atoms. The highest BCUT2D eigenvalue weighted by molar-refractivity contribution is 6.20. The SMILES string of the molecule is c1ccc2c(c1)nc1c3c2c2ccccc2n3CCC1. The van der Waals surface area contributed by atoms with Crippen LogP contribution in [0.3, 0.4) is 0 Å². The molecule has 1 aliphatic heterocycles. The quantitative estimate of drug-likeness (QED) is 0.460. The number of pyridine rings is 1. The minimum absolute atomic E-state index is 1.09. The van der Waals surface area contributed by atoms with Gasteiger partial charge in [0.15, 0.2) is 0 Å². The minimum atomic E-state index is 1.09. The third kappa shape index (κ3) is 1.17. The number of rotatable bonds is 0. The summed E-state index contributed by atoms with van der Waals surface area (Å²) in [4.78, 5) is 4.91. The molecule has 0 saturated heterocycles. The van der Waals surface area contributed by atoms with E-state index in [1.807, 2.05) is 0 Å². The highest BCUT2D eigenvalue weighted by Gasteiger charge is 2.20. The van der Waals surface area contributed by atoms with E-state index in [-0.39, 0.29) is 0 Å². The molecule has 0 fully saturated rings. The second-order valence-electron chi connectivity index (χ2n) is 5.57. The summed E-state index contributed by atoms with van der Waals surface area (Å²) < 4.78 is 2.46. The number of aryl methyl sites for hydroxylation is 2. The van der Waals surface area contributed by atoms with Gasteiger partial charge in [0.25, 0.3) is 0 Å². The minimum Gasteiger partial charge on any atom is -0.339 e. The molecule has 0 spiro atoms. The summed E-state index contributed by atoms with van der Waals surface area (Å²) in [7, 11) is 0. The summed E-state index contributed by atoms with van der Waals surface area (Å²) in [5, 5.41) is 4.04. The van der Waals surface area contributed by atoms with Crippen LogP contribution in [0, 0.1) is 0 Å². The van der Waals surface area contributed by atoms with E-state index in [1.54, 1.807) is 0 Å². The van der Waals surface area contributed by atoms with Gasteiger partial charge in [0.05, 0.1) is 16.7 Å². The van der Waals surface area contributed by atoms with Gasteiger partial charge >= 0.3 is 0 Å². The van der Waals surface area contributed by atoms with Crippen LogP contribution in [0.5, 0.6) is 0 Å². The van der Waals surface area contributed by atoms with Gasteiger partial charge < -0.3 is 4.57 Å². The molecule has 20 heavy (non-hydrogen) atoms. The maximum absolute atomic E-state index is 4.91. The van der Waals surface area contributed by atoms with Crippen molar-refractivity contribution in [3.63, 3.8) is 0 Å². The van der Waals surface area contributed by atoms with E-state index in [0.717, 1.165) is 18.5 Å². The first-order chi connectivity index (χ1) is 9.93. The van der Waals surface area contributed by atoms with Gasteiger partial charge in [-0.1, -0.05) is 36.4 Å². The van der Waals surface area contributed by atoms with Crippen LogP contribution in [0.2, 0.25) is 0 Å². The van der Waals surface area contributed by atoms with Crippen molar-refractivity contribution < 1.29 is 0 Å². The van der Waals surface area contributed by atoms with Crippen molar-refractivity contribution in [2.24, 2.45) is 0 Å². The fraction of sp³-hybridized carbons (Fsp3) is 0.167. The summed E-state index contributed by atoms with van der Waals surface area (Å²) in [6, 6.07) is 17.3. The summed E-state index contributed by atoms with van der Waals surface area (Å²) in [5.74, 6) is 0. The standard InChI is InChI=1S/C18H14N2/c1-3-8-14-12(6-1)17-13-7-2-4-10-16(13)20-11-5-9-15(19-14)18(17)20/h1-4,6-8,10H,5,9,11H2. The van der Waals surface area contributed by atoms with E-state index < -0.39 is 0 Å². The molecule has 96 valence electrons. The second-order valence-corrected chi connectivity index (χ2v) is 5.57. The van der Waals surface area contributed by atoms with Crippen molar-refractivity contribution in [2.75, 3.05) is 0 Å². The predicted molar refractivity (Wildman–Crippen MR) is 83.1 cm³/mol. The Morgan fingerprint density at radius 3 is 2.65 bits per heavy atom. The maximum Gasteiger partial charge on any atom is 0.0717 e. The van der Waals surface area contributed by atoms with Gasteiger partial charge in [-0.2, -0.15) is 0 Å². The van der Waals surface area contributed by atoms with Crippen LogP contribution in [0.15, 0.2) is 48.5 Å². The molecule has 0 N–H and O–H groups in total. The Bertz CT molecular complexity index is 979. The van der Waals surface area contributed by atoms with Crippen LogP contribution in [-0.4, -0.2) is 9.55 Å². The largest absolute Gasteiger partial charge is 0.339 e. The molecule has 2 aromatic carbocycles. The number of nitrogens with zero attached hydrogens (tertiary/aromatic N) is 2. The number of para-hydroxylation sites is 2. The molecule has 0 unspecified atom stereocenters. The van der Waals surface area contributed by atoms with Gasteiger partial charge in [0.1, 0.15) is 0 Å². The van der Waals surface area contributed by atoms with Crippen molar-refractivity contribution in [3.05, 3.63) is 54.2 Å². The van der Waals surface area contributed by atoms with E-state index in [2.05, 4.69) is 53.1 Å². The van der Waals surface area contributed by atoms with Crippen molar-refractivity contribution in [2.45, 2.75) is 19.4 Å². The molecule has 2 nitrogen and oxygen atoms in total. The van der Waals surface area contributed by atoms with Crippen molar-refractivity contribution in [1.82, 2.24) is 9.55 Å². The zero-order valence-corrected chi connectivity index (χ0v) is 11.1. The number of benzene rings is 2. The molecule has 2 heteroatoms. The summed E-state index contributed by atoms with van der Waals surface area (Å²) in [5.41, 5.74) is 5.10. The Kier molecular flexibility index (Phi) is 1.88. The van der Waals surface area contributed by atoms with Crippen LogP contribution in [0.4, 0.5) is 0 Å². The van der Waals surface area contributed by atoms with Gasteiger partial charge in [-0.3, -0.25) is 4.98 Å². The highest BCUT2D eigenvalue weighted by atomic mass is 15.0. The lowest BCUT2D eigenvalue weighted by molar-refractivity contribution is 0.642. The normalized spacial score (nSPS) is 14.4. The van der Waals surface area contributed by atoms with Crippen LogP contribution in [-0.2, 0) is 13.0 Å². The third-order valence-corrected chi connectivity index (χ3v) is 4.47. The van der Waals surface area contributed by atoms with Crippen molar-refractivity contribution in [1.29, 1.82) is 0 Å². The smallest absolute Gasteiger partial charge is 0.0717 e. The molecule has 4 aromatic rings. The predicted octanol–water partition coefficient (Wildman–Crippen LogP) is 4.29. The van der Waals surface area contributed by atoms with E-state index in [9.17, 15) is 0 Å². The Morgan fingerprint density at radius 1 is 0.900 bits per heavy atom. The molecule has 1 aliphatic rings. The molecular weight excluding hydrogens is 244 g/mol. The van der Waals surface area contributed by atoms with Crippen LogP contribution < -0.4 is 0 Å². The Morgan fingerprint density at radius 2 is 1.70 bits per heavy atom. The Hall–Kier alpha value is -2.35. The lowest BCUT2D eigenvalue weighted by Crippen LogP contribution is -2.09. The Labute approximate surface area is 116 Å². The van der Waals surface area contributed by atoms with Gasteiger partial charge in [0.2, 0.25) is 0 Å². The number of fused-ring (bicyclic) bond motifs is 5. The molecule has 0 aliphatic carbocycles. The fourth-order valence-electron chi connectivity index (χ4n) is 3.67. The van der Waals surface area contributed by atoms with E-state index >= 15 is 0 Å². The second kappa shape index (κ2) is 3.60. The van der Waals surface area contributed by atoms with Crippen LogP contribution >= 0.6 is 0 Å². The molecule has 5 rings (SSSR count). The fourth-order valence-corrected chi connectivity index (χ4v) is 3.67. The number of hydrogen-bond donors (Lipinski definition) is 0. The summed E-state index contributed by atoms with van der Waals surface area (Å²) >= 11 is 0. The van der Waals surface area contributed by atoms with Crippen LogP contribution in [0.1, 0.15) is 12.1 Å². The van der Waals surface area contributed by atoms with E-state index in [1.165, 1.54) is 39.3 Å². The van der Waals surface area contributed by atoms with E-state index in [4.69, 9.17) is 4.98 Å². The van der Waals surface area contributed by atoms with Gasteiger partial charge in [0, 0.05) is 28.2 Å². The zero-order chi connectivity index (χ0) is 13.1. The topological polar surface area (TPSA) is 17.8 Å². The number of hydrogen-bond acceptors (Lipinski definition) is 1. The first-order valence-electron chi connectivity index (χ1n) is 7.22. The van der Waals surface area contributed by atoms with Crippen molar-refractivity contribution in [3.8, 4) is 0 Å². The average Bonchev–Trinajstić information content (AvgIpc) is 2.85. The van der Waals surface area contributed by atoms with Gasteiger partial charge in [-0.05, 0) is 25.0 Å². The molecule has 0 saturated carbocycles. The third-order valence-electron chi connectivity index (χ3n) is 4.47.